The molecule has 1 saturated heterocycles. The smallest absolute Gasteiger partial charge is 0.105 e. The summed E-state index contributed by atoms with van der Waals surface area (Å²) in [7, 11) is 0. The van der Waals surface area contributed by atoms with E-state index in [0.717, 1.165) is 18.9 Å². The second kappa shape index (κ2) is 2.66. The van der Waals surface area contributed by atoms with Gasteiger partial charge in [0.25, 0.3) is 0 Å². The molecule has 1 aromatic rings. The second-order valence-electron chi connectivity index (χ2n) is 2.95. The van der Waals surface area contributed by atoms with Gasteiger partial charge >= 0.3 is 0 Å². The van der Waals surface area contributed by atoms with E-state index in [4.69, 9.17) is 0 Å². The maximum atomic E-state index is 4.31. The molecule has 0 aliphatic carbocycles. The minimum Gasteiger partial charge on any atom is -0.331 e. The molecule has 2 heterocycles. The molecule has 1 unspecified atom stereocenters. The molecule has 3 nitrogen and oxygen atoms in total. The minimum absolute atomic E-state index is 0.581. The van der Waals surface area contributed by atoms with Crippen molar-refractivity contribution in [2.75, 3.05) is 13.1 Å². The monoisotopic (exact) mass is 150 g/mol. The zero-order valence-electron chi connectivity index (χ0n) is 6.70. The molecule has 0 aromatic carbocycles. The van der Waals surface area contributed by atoms with Crippen molar-refractivity contribution < 1.29 is 0 Å². The molecule has 0 N–H and O–H groups in total. The van der Waals surface area contributed by atoms with Gasteiger partial charge in [-0.2, -0.15) is 0 Å². The first kappa shape index (κ1) is 6.85. The van der Waals surface area contributed by atoms with Crippen LogP contribution in [0.25, 0.3) is 0 Å². The third-order valence-corrected chi connectivity index (χ3v) is 2.22. The Morgan fingerprint density at radius 3 is 3.09 bits per heavy atom. The predicted molar refractivity (Wildman–Crippen MR) is 42.5 cm³/mol. The van der Waals surface area contributed by atoms with Crippen LogP contribution in [0, 0.1) is 6.92 Å². The molecule has 1 atom stereocenters. The summed E-state index contributed by atoms with van der Waals surface area (Å²) < 4.78 is 2.22. The van der Waals surface area contributed by atoms with Crippen molar-refractivity contribution in [2.45, 2.75) is 19.4 Å². The van der Waals surface area contributed by atoms with E-state index in [1.165, 1.54) is 6.42 Å². The van der Waals surface area contributed by atoms with Gasteiger partial charge in [0.2, 0.25) is 0 Å². The van der Waals surface area contributed by atoms with E-state index < -0.39 is 0 Å². The van der Waals surface area contributed by atoms with Crippen molar-refractivity contribution >= 4 is 0 Å². The highest BCUT2D eigenvalue weighted by molar-refractivity contribution is 4.94. The molecule has 0 spiro atoms. The Kier molecular flexibility index (Phi) is 1.66. The summed E-state index contributed by atoms with van der Waals surface area (Å²) in [5.41, 5.74) is 0. The van der Waals surface area contributed by atoms with E-state index in [2.05, 4.69) is 14.9 Å². The molecule has 2 rings (SSSR count). The number of rotatable bonds is 1. The lowest BCUT2D eigenvalue weighted by atomic mass is 10.2. The molecular formula is C8H12N3. The van der Waals surface area contributed by atoms with Gasteiger partial charge in [-0.05, 0) is 13.3 Å². The van der Waals surface area contributed by atoms with E-state index in [1.807, 2.05) is 19.3 Å². The molecular weight excluding hydrogens is 138 g/mol. The molecule has 0 amide bonds. The van der Waals surface area contributed by atoms with Gasteiger partial charge in [-0.1, -0.05) is 0 Å². The zero-order valence-corrected chi connectivity index (χ0v) is 6.70. The summed E-state index contributed by atoms with van der Waals surface area (Å²) in [6.07, 6.45) is 5.08. The lowest BCUT2D eigenvalue weighted by molar-refractivity contribution is 0.532. The fourth-order valence-electron chi connectivity index (χ4n) is 1.57. The zero-order chi connectivity index (χ0) is 7.68. The van der Waals surface area contributed by atoms with Crippen LogP contribution in [0.3, 0.4) is 0 Å². The Hall–Kier alpha value is -0.830. The first-order valence-electron chi connectivity index (χ1n) is 4.00. The molecule has 59 valence electrons. The Bertz CT molecular complexity index is 235. The van der Waals surface area contributed by atoms with Gasteiger partial charge in [0.15, 0.2) is 0 Å². The third kappa shape index (κ3) is 1.16. The first-order valence-corrected chi connectivity index (χ1v) is 4.00. The molecule has 1 fully saturated rings. The maximum Gasteiger partial charge on any atom is 0.105 e. The van der Waals surface area contributed by atoms with Crippen LogP contribution >= 0.6 is 0 Å². The summed E-state index contributed by atoms with van der Waals surface area (Å²) in [5.74, 6) is 1.10. The molecule has 1 radical (unpaired) electrons. The van der Waals surface area contributed by atoms with Gasteiger partial charge in [0.05, 0.1) is 6.04 Å². The number of imidazole rings is 1. The average molecular weight is 150 g/mol. The highest BCUT2D eigenvalue weighted by Crippen LogP contribution is 2.16. The molecule has 11 heavy (non-hydrogen) atoms. The van der Waals surface area contributed by atoms with Gasteiger partial charge in [-0.3, -0.25) is 0 Å². The standard InChI is InChI=1S/C8H12N3/c1-7-10-4-5-11(7)8-2-3-9-6-8/h4-5,8H,2-3,6H2,1H3. The molecule has 0 bridgehead atoms. The van der Waals surface area contributed by atoms with Crippen LogP contribution in [-0.4, -0.2) is 22.6 Å². The largest absolute Gasteiger partial charge is 0.331 e. The number of hydrogen-bond acceptors (Lipinski definition) is 1. The van der Waals surface area contributed by atoms with Gasteiger partial charge < -0.3 is 4.57 Å². The van der Waals surface area contributed by atoms with Gasteiger partial charge in [0, 0.05) is 25.5 Å². The van der Waals surface area contributed by atoms with Crippen molar-refractivity contribution in [2.24, 2.45) is 0 Å². The molecule has 1 aromatic heterocycles. The summed E-state index contributed by atoms with van der Waals surface area (Å²) >= 11 is 0. The maximum absolute atomic E-state index is 4.31. The van der Waals surface area contributed by atoms with Crippen molar-refractivity contribution in [3.63, 3.8) is 0 Å². The van der Waals surface area contributed by atoms with E-state index in [9.17, 15) is 0 Å². The lowest BCUT2D eigenvalue weighted by Crippen LogP contribution is -2.10. The number of aryl methyl sites for hydroxylation is 1. The Morgan fingerprint density at radius 1 is 1.64 bits per heavy atom. The highest BCUT2D eigenvalue weighted by atomic mass is 15.1. The van der Waals surface area contributed by atoms with Gasteiger partial charge in [-0.15, -0.1) is 0 Å². The summed E-state index contributed by atoms with van der Waals surface area (Å²) in [5, 5.41) is 4.31. The van der Waals surface area contributed by atoms with Crippen LogP contribution in [0.4, 0.5) is 0 Å². The summed E-state index contributed by atoms with van der Waals surface area (Å²) in [6, 6.07) is 0.581. The fraction of sp³-hybridized carbons (Fsp3) is 0.625. The van der Waals surface area contributed by atoms with Crippen molar-refractivity contribution in [3.05, 3.63) is 18.2 Å². The predicted octanol–water partition coefficient (Wildman–Crippen LogP) is 0.741. The highest BCUT2D eigenvalue weighted by Gasteiger charge is 2.17. The van der Waals surface area contributed by atoms with Crippen molar-refractivity contribution in [3.8, 4) is 0 Å². The summed E-state index contributed by atoms with van der Waals surface area (Å²) in [6.45, 7) is 4.03. The number of nitrogens with zero attached hydrogens (tertiary/aromatic N) is 3. The third-order valence-electron chi connectivity index (χ3n) is 2.22. The van der Waals surface area contributed by atoms with E-state index in [-0.39, 0.29) is 0 Å². The second-order valence-corrected chi connectivity index (χ2v) is 2.95. The van der Waals surface area contributed by atoms with Crippen molar-refractivity contribution in [1.29, 1.82) is 0 Å². The topological polar surface area (TPSA) is 31.9 Å². The van der Waals surface area contributed by atoms with Crippen LogP contribution in [0.2, 0.25) is 0 Å². The Balaban J connectivity index is 2.21. The van der Waals surface area contributed by atoms with E-state index in [0.29, 0.717) is 6.04 Å². The van der Waals surface area contributed by atoms with Gasteiger partial charge in [-0.25, -0.2) is 10.3 Å². The Labute approximate surface area is 66.4 Å². The molecule has 1 aliphatic heterocycles. The van der Waals surface area contributed by atoms with Crippen LogP contribution in [0.15, 0.2) is 12.4 Å². The van der Waals surface area contributed by atoms with Gasteiger partial charge in [0.1, 0.15) is 5.82 Å². The first-order chi connectivity index (χ1) is 5.38. The SMILES string of the molecule is Cc1nccn1C1CC[N]C1. The van der Waals surface area contributed by atoms with Crippen LogP contribution in [0.1, 0.15) is 18.3 Å². The van der Waals surface area contributed by atoms with Crippen LogP contribution < -0.4 is 5.32 Å². The minimum atomic E-state index is 0.581. The lowest BCUT2D eigenvalue weighted by Gasteiger charge is -2.10. The Morgan fingerprint density at radius 2 is 2.55 bits per heavy atom. The molecule has 3 heteroatoms. The molecule has 0 saturated carbocycles. The van der Waals surface area contributed by atoms with E-state index >= 15 is 0 Å². The number of hydrogen-bond donors (Lipinski definition) is 0. The quantitative estimate of drug-likeness (QED) is 0.581. The molecule has 1 aliphatic rings. The number of aromatic nitrogens is 2. The average Bonchev–Trinajstić information content (AvgIpc) is 2.55. The summed E-state index contributed by atoms with van der Waals surface area (Å²) in [4.78, 5) is 4.18. The fourth-order valence-corrected chi connectivity index (χ4v) is 1.57. The van der Waals surface area contributed by atoms with E-state index in [1.54, 1.807) is 0 Å². The normalized spacial score (nSPS) is 24.3. The van der Waals surface area contributed by atoms with Crippen molar-refractivity contribution in [1.82, 2.24) is 14.9 Å². The van der Waals surface area contributed by atoms with Crippen LogP contribution in [-0.2, 0) is 0 Å². The van der Waals surface area contributed by atoms with Crippen LogP contribution in [0.5, 0.6) is 0 Å².